The van der Waals surface area contributed by atoms with Crippen molar-refractivity contribution in [3.8, 4) is 55.6 Å². The second kappa shape index (κ2) is 15.0. The van der Waals surface area contributed by atoms with E-state index in [2.05, 4.69) is 236 Å². The van der Waals surface area contributed by atoms with Crippen LogP contribution in [0.4, 0.5) is 17.1 Å². The van der Waals surface area contributed by atoms with E-state index in [0.717, 1.165) is 11.6 Å². The summed E-state index contributed by atoms with van der Waals surface area (Å²) in [6.07, 6.45) is 5.32. The summed E-state index contributed by atoms with van der Waals surface area (Å²) in [6.45, 7) is 18.8. The molecular weight excluding hydrogens is 807 g/mol. The van der Waals surface area contributed by atoms with Crippen LogP contribution in [0, 0.1) is 11.8 Å². The second-order valence-electron chi connectivity index (χ2n) is 23.0. The molecule has 0 radical (unpaired) electrons. The molecule has 12 rings (SSSR count). The number of hydrogen-bond donors (Lipinski definition) is 0. The van der Waals surface area contributed by atoms with Gasteiger partial charge in [-0.15, -0.1) is 0 Å². The lowest BCUT2D eigenvalue weighted by Crippen LogP contribution is -2.32. The first-order valence-corrected chi connectivity index (χ1v) is 24.9. The fourth-order valence-electron chi connectivity index (χ4n) is 13.3. The van der Waals surface area contributed by atoms with Crippen molar-refractivity contribution in [3.63, 3.8) is 0 Å². The number of benzene rings is 8. The Bertz CT molecular complexity index is 3220. The van der Waals surface area contributed by atoms with Crippen molar-refractivity contribution in [3.05, 3.63) is 209 Å². The van der Waals surface area contributed by atoms with Gasteiger partial charge < -0.3 is 4.90 Å². The van der Waals surface area contributed by atoms with E-state index >= 15 is 0 Å². The lowest BCUT2D eigenvalue weighted by molar-refractivity contribution is 0.327. The van der Waals surface area contributed by atoms with Gasteiger partial charge in [-0.3, -0.25) is 0 Å². The van der Waals surface area contributed by atoms with E-state index < -0.39 is 0 Å². The minimum atomic E-state index is -0.110. The highest BCUT2D eigenvalue weighted by Gasteiger charge is 2.56. The van der Waals surface area contributed by atoms with E-state index in [1.807, 2.05) is 0 Å². The van der Waals surface area contributed by atoms with Gasteiger partial charge in [0.1, 0.15) is 0 Å². The molecule has 1 heteroatoms. The smallest absolute Gasteiger partial charge is 0.0540 e. The van der Waals surface area contributed by atoms with Gasteiger partial charge in [-0.05, 0) is 156 Å². The van der Waals surface area contributed by atoms with Gasteiger partial charge in [-0.1, -0.05) is 207 Å². The Kier molecular flexibility index (Phi) is 9.41. The van der Waals surface area contributed by atoms with Gasteiger partial charge in [0, 0.05) is 27.8 Å². The van der Waals surface area contributed by atoms with Gasteiger partial charge in [-0.2, -0.15) is 0 Å². The average molecular weight is 870 g/mol. The van der Waals surface area contributed by atoms with E-state index in [9.17, 15) is 0 Å². The Morgan fingerprint density at radius 3 is 1.61 bits per heavy atom. The third-order valence-electron chi connectivity index (χ3n) is 16.6. The zero-order valence-electron chi connectivity index (χ0n) is 40.7. The van der Waals surface area contributed by atoms with Crippen molar-refractivity contribution in [2.45, 2.75) is 103 Å². The molecule has 0 N–H and O–H groups in total. The number of para-hydroxylation sites is 1. The van der Waals surface area contributed by atoms with Gasteiger partial charge in [0.2, 0.25) is 0 Å². The van der Waals surface area contributed by atoms with Crippen LogP contribution in [0.2, 0.25) is 0 Å². The molecule has 332 valence electrons. The summed E-state index contributed by atoms with van der Waals surface area (Å²) < 4.78 is 0. The van der Waals surface area contributed by atoms with Crippen molar-refractivity contribution in [1.29, 1.82) is 0 Å². The van der Waals surface area contributed by atoms with Gasteiger partial charge in [0.25, 0.3) is 0 Å². The lowest BCUT2D eigenvalue weighted by atomic mass is 9.67. The maximum absolute atomic E-state index is 2.61. The summed E-state index contributed by atoms with van der Waals surface area (Å²) >= 11 is 0. The van der Waals surface area contributed by atoms with Crippen molar-refractivity contribution >= 4 is 17.1 Å². The molecule has 8 aromatic carbocycles. The predicted molar refractivity (Wildman–Crippen MR) is 284 cm³/mol. The molecule has 3 unspecified atom stereocenters. The molecule has 4 aliphatic carbocycles. The Hall–Kier alpha value is -6.44. The Balaban J connectivity index is 1.03. The van der Waals surface area contributed by atoms with Crippen LogP contribution in [0.5, 0.6) is 0 Å². The third-order valence-corrected chi connectivity index (χ3v) is 16.6. The Morgan fingerprint density at radius 1 is 0.433 bits per heavy atom. The summed E-state index contributed by atoms with van der Waals surface area (Å²) in [7, 11) is 0. The summed E-state index contributed by atoms with van der Waals surface area (Å²) in [4.78, 5) is 2.57. The summed E-state index contributed by atoms with van der Waals surface area (Å²) in [6, 6.07) is 67.7. The molecule has 0 heterocycles. The topological polar surface area (TPSA) is 3.24 Å². The summed E-state index contributed by atoms with van der Waals surface area (Å²) in [5, 5.41) is 0. The molecule has 8 aromatic rings. The van der Waals surface area contributed by atoms with Crippen LogP contribution in [0.3, 0.4) is 0 Å². The third kappa shape index (κ3) is 6.48. The zero-order chi connectivity index (χ0) is 46.0. The molecule has 0 saturated heterocycles. The number of hydrogen-bond acceptors (Lipinski definition) is 1. The molecule has 1 nitrogen and oxygen atoms in total. The summed E-state index contributed by atoms with van der Waals surface area (Å²) in [5.41, 5.74) is 25.4. The fourth-order valence-corrected chi connectivity index (χ4v) is 13.3. The molecule has 2 saturated carbocycles. The van der Waals surface area contributed by atoms with Crippen LogP contribution < -0.4 is 4.90 Å². The zero-order valence-corrected chi connectivity index (χ0v) is 40.7. The van der Waals surface area contributed by atoms with Crippen molar-refractivity contribution in [1.82, 2.24) is 0 Å². The van der Waals surface area contributed by atoms with E-state index in [-0.39, 0.29) is 21.7 Å². The van der Waals surface area contributed by atoms with Gasteiger partial charge in [-0.25, -0.2) is 0 Å². The van der Waals surface area contributed by atoms with Gasteiger partial charge >= 0.3 is 0 Å². The van der Waals surface area contributed by atoms with Crippen molar-refractivity contribution in [2.24, 2.45) is 11.8 Å². The molecule has 1 spiro atoms. The Morgan fingerprint density at radius 2 is 0.970 bits per heavy atom. The number of fused-ring (bicyclic) bond motifs is 11. The first-order chi connectivity index (χ1) is 32.2. The van der Waals surface area contributed by atoms with Gasteiger partial charge in [0.05, 0.1) is 5.69 Å². The first kappa shape index (κ1) is 42.0. The highest BCUT2D eigenvalue weighted by Crippen LogP contribution is 2.66. The minimum Gasteiger partial charge on any atom is -0.310 e. The van der Waals surface area contributed by atoms with Gasteiger partial charge in [0.15, 0.2) is 0 Å². The molecule has 2 fully saturated rings. The first-order valence-electron chi connectivity index (χ1n) is 24.9. The van der Waals surface area contributed by atoms with Crippen molar-refractivity contribution in [2.75, 3.05) is 4.90 Å². The standard InChI is InChI=1S/C66H63N/c1-63(2,3)46-37-44(38-47(39-46)64(4,5)6)51-19-13-16-27-61(51)67(49-34-35-55-53-21-12-15-26-59(53)66(60(55)40-49)41-42-28-31-45(66)36-42)48-32-29-43(30-33-48)50-18-9-10-20-52(50)56-23-17-24-57-54-22-11-14-25-58(54)65(7,8)62(56)57/h9-27,29-30,32-35,37-40,42,45H,28,31,36,41H2,1-8H3. The normalized spacial score (nSPS) is 19.6. The number of nitrogens with zero attached hydrogens (tertiary/aromatic N) is 1. The van der Waals surface area contributed by atoms with E-state index in [1.54, 1.807) is 5.56 Å². The summed E-state index contributed by atoms with van der Waals surface area (Å²) in [5.74, 6) is 1.50. The highest BCUT2D eigenvalue weighted by atomic mass is 15.1. The molecule has 0 amide bonds. The van der Waals surface area contributed by atoms with E-state index in [0.29, 0.717) is 5.92 Å². The number of anilines is 3. The quantitative estimate of drug-likeness (QED) is 0.161. The van der Waals surface area contributed by atoms with Crippen LogP contribution in [0.15, 0.2) is 176 Å². The fraction of sp³-hybridized carbons (Fsp3) is 0.273. The van der Waals surface area contributed by atoms with Crippen LogP contribution in [0.25, 0.3) is 55.6 Å². The highest BCUT2D eigenvalue weighted by molar-refractivity contribution is 5.95. The van der Waals surface area contributed by atoms with Crippen LogP contribution in [-0.4, -0.2) is 0 Å². The minimum absolute atomic E-state index is 0.000297. The lowest BCUT2D eigenvalue weighted by Gasteiger charge is -2.37. The Labute approximate surface area is 399 Å². The van der Waals surface area contributed by atoms with E-state index in [4.69, 9.17) is 0 Å². The molecule has 0 aromatic heterocycles. The largest absolute Gasteiger partial charge is 0.310 e. The molecule has 3 atom stereocenters. The SMILES string of the molecule is CC(C)(C)c1cc(-c2ccccc2N(c2ccc(-c3ccccc3-c3cccc4c3C(C)(C)c3ccccc3-4)cc2)c2ccc3c(c2)C2(CC4CCC2C4)c2ccccc2-3)cc(C(C)(C)C)c1. The molecule has 67 heavy (non-hydrogen) atoms. The van der Waals surface area contributed by atoms with Crippen LogP contribution >= 0.6 is 0 Å². The maximum atomic E-state index is 2.61. The maximum Gasteiger partial charge on any atom is 0.0540 e. The molecular formula is C66H63N. The van der Waals surface area contributed by atoms with Crippen molar-refractivity contribution < 1.29 is 0 Å². The molecule has 2 bridgehead atoms. The van der Waals surface area contributed by atoms with Crippen LogP contribution in [0.1, 0.15) is 114 Å². The van der Waals surface area contributed by atoms with E-state index in [1.165, 1.54) is 121 Å². The monoisotopic (exact) mass is 869 g/mol. The van der Waals surface area contributed by atoms with Crippen LogP contribution in [-0.2, 0) is 21.7 Å². The second-order valence-corrected chi connectivity index (χ2v) is 23.0. The molecule has 0 aliphatic heterocycles. The molecule has 4 aliphatic rings. The predicted octanol–water partition coefficient (Wildman–Crippen LogP) is 18.1. The average Bonchev–Trinajstić information content (AvgIpc) is 4.08. The number of rotatable bonds is 6.